The molecular formula is C12H17NO4. The lowest BCUT2D eigenvalue weighted by Crippen LogP contribution is -2.22. The van der Waals surface area contributed by atoms with Crippen molar-refractivity contribution < 1.29 is 19.7 Å². The molecule has 0 fully saturated rings. The van der Waals surface area contributed by atoms with Crippen LogP contribution in [0.15, 0.2) is 18.2 Å². The van der Waals surface area contributed by atoms with Gasteiger partial charge in [-0.2, -0.15) is 0 Å². The fraction of sp³-hybridized carbons (Fsp3) is 0.417. The summed E-state index contributed by atoms with van der Waals surface area (Å²) in [5.74, 6) is 0.524. The number of aliphatic hydroxyl groups excluding tert-OH is 2. The first-order valence-electron chi connectivity index (χ1n) is 5.33. The van der Waals surface area contributed by atoms with E-state index in [-0.39, 0.29) is 13.0 Å². The van der Waals surface area contributed by atoms with E-state index in [0.29, 0.717) is 23.2 Å². The molecule has 0 radical (unpaired) electrons. The van der Waals surface area contributed by atoms with E-state index in [2.05, 4.69) is 0 Å². The van der Waals surface area contributed by atoms with E-state index in [1.54, 1.807) is 12.1 Å². The molecule has 1 aromatic rings. The van der Waals surface area contributed by atoms with Crippen LogP contribution in [0.5, 0.6) is 5.75 Å². The number of carbonyl (C=O) groups is 1. The van der Waals surface area contributed by atoms with Crippen molar-refractivity contribution in [2.45, 2.75) is 18.6 Å². The van der Waals surface area contributed by atoms with Crippen molar-refractivity contribution in [3.05, 3.63) is 29.3 Å². The van der Waals surface area contributed by atoms with Crippen LogP contribution < -0.4 is 10.5 Å². The fourth-order valence-corrected chi connectivity index (χ4v) is 1.59. The second kappa shape index (κ2) is 6.34. The molecule has 0 aliphatic carbocycles. The summed E-state index contributed by atoms with van der Waals surface area (Å²) in [5, 5.41) is 19.5. The number of rotatable bonds is 6. The summed E-state index contributed by atoms with van der Waals surface area (Å²) in [6.45, 7) is 0.269. The van der Waals surface area contributed by atoms with Crippen molar-refractivity contribution in [1.82, 2.24) is 0 Å². The quantitative estimate of drug-likeness (QED) is 0.619. The lowest BCUT2D eigenvalue weighted by Gasteiger charge is -2.19. The summed E-state index contributed by atoms with van der Waals surface area (Å²) in [6, 6.07) is 4.70. The van der Waals surface area contributed by atoms with Gasteiger partial charge in [-0.1, -0.05) is 6.07 Å². The number of hydrogen-bond acceptors (Lipinski definition) is 5. The minimum Gasteiger partial charge on any atom is -0.497 e. The Kier molecular flexibility index (Phi) is 5.09. The van der Waals surface area contributed by atoms with Gasteiger partial charge in [0.25, 0.3) is 0 Å². The molecule has 0 aromatic heterocycles. The van der Waals surface area contributed by atoms with Crippen LogP contribution in [0.25, 0.3) is 0 Å². The predicted octanol–water partition coefficient (Wildman–Crippen LogP) is 0.251. The average Bonchev–Trinajstić information content (AvgIpc) is 2.37. The number of carbonyl (C=O) groups excluding carboxylic acids is 1. The van der Waals surface area contributed by atoms with Gasteiger partial charge in [0.1, 0.15) is 11.9 Å². The molecule has 0 amide bonds. The number of ether oxygens (including phenoxy) is 1. The molecule has 0 aliphatic rings. The van der Waals surface area contributed by atoms with Crippen molar-refractivity contribution in [3.63, 3.8) is 0 Å². The normalized spacial score (nSPS) is 14.1. The first-order valence-corrected chi connectivity index (χ1v) is 5.33. The molecule has 17 heavy (non-hydrogen) atoms. The summed E-state index contributed by atoms with van der Waals surface area (Å²) >= 11 is 0. The van der Waals surface area contributed by atoms with Gasteiger partial charge in [0.2, 0.25) is 0 Å². The van der Waals surface area contributed by atoms with Crippen LogP contribution >= 0.6 is 0 Å². The van der Waals surface area contributed by atoms with Gasteiger partial charge in [0.15, 0.2) is 6.29 Å². The van der Waals surface area contributed by atoms with Crippen LogP contribution in [0.1, 0.15) is 28.4 Å². The molecule has 0 saturated heterocycles. The third-order valence-corrected chi connectivity index (χ3v) is 2.57. The lowest BCUT2D eigenvalue weighted by atomic mass is 9.97. The van der Waals surface area contributed by atoms with Crippen molar-refractivity contribution >= 4 is 6.29 Å². The standard InChI is InChI=1S/C12H17NO4/c1-17-9-2-3-10(8(6-9)7-14)12(16)11(15)4-5-13/h2-3,6-7,11-12,15-16H,4-5,13H2,1H3. The second-order valence-corrected chi connectivity index (χ2v) is 3.70. The molecule has 0 bridgehead atoms. The average molecular weight is 239 g/mol. The summed E-state index contributed by atoms with van der Waals surface area (Å²) in [5.41, 5.74) is 5.98. The topological polar surface area (TPSA) is 92.8 Å². The maximum atomic E-state index is 10.9. The minimum absolute atomic E-state index is 0.269. The van der Waals surface area contributed by atoms with Crippen molar-refractivity contribution in [1.29, 1.82) is 0 Å². The number of aldehydes is 1. The first-order chi connectivity index (χ1) is 8.13. The van der Waals surface area contributed by atoms with E-state index >= 15 is 0 Å². The number of nitrogens with two attached hydrogens (primary N) is 1. The Balaban J connectivity index is 3.00. The number of hydrogen-bond donors (Lipinski definition) is 3. The van der Waals surface area contributed by atoms with Crippen LogP contribution in [0.3, 0.4) is 0 Å². The van der Waals surface area contributed by atoms with Gasteiger partial charge in [-0.3, -0.25) is 4.79 Å². The van der Waals surface area contributed by atoms with Crippen molar-refractivity contribution in [2.24, 2.45) is 5.73 Å². The highest BCUT2D eigenvalue weighted by Crippen LogP contribution is 2.25. The third kappa shape index (κ3) is 3.26. The van der Waals surface area contributed by atoms with Crippen LogP contribution in [0, 0.1) is 0 Å². The van der Waals surface area contributed by atoms with Crippen LogP contribution in [0.2, 0.25) is 0 Å². The smallest absolute Gasteiger partial charge is 0.150 e. The summed E-state index contributed by atoms with van der Waals surface area (Å²) < 4.78 is 4.98. The molecule has 2 atom stereocenters. The highest BCUT2D eigenvalue weighted by atomic mass is 16.5. The molecule has 0 aliphatic heterocycles. The van der Waals surface area contributed by atoms with E-state index in [9.17, 15) is 15.0 Å². The van der Waals surface area contributed by atoms with Gasteiger partial charge in [0.05, 0.1) is 13.2 Å². The van der Waals surface area contributed by atoms with Gasteiger partial charge in [-0.25, -0.2) is 0 Å². The monoisotopic (exact) mass is 239 g/mol. The molecule has 1 rings (SSSR count). The number of aliphatic hydroxyl groups is 2. The maximum Gasteiger partial charge on any atom is 0.150 e. The van der Waals surface area contributed by atoms with Gasteiger partial charge in [-0.15, -0.1) is 0 Å². The third-order valence-electron chi connectivity index (χ3n) is 2.57. The highest BCUT2D eigenvalue weighted by molar-refractivity contribution is 5.78. The van der Waals surface area contributed by atoms with E-state index < -0.39 is 12.2 Å². The Morgan fingerprint density at radius 2 is 2.18 bits per heavy atom. The van der Waals surface area contributed by atoms with E-state index in [4.69, 9.17) is 10.5 Å². The van der Waals surface area contributed by atoms with E-state index in [1.165, 1.54) is 13.2 Å². The van der Waals surface area contributed by atoms with Gasteiger partial charge >= 0.3 is 0 Å². The Morgan fingerprint density at radius 1 is 1.47 bits per heavy atom. The summed E-state index contributed by atoms with van der Waals surface area (Å²) in [7, 11) is 1.49. The molecule has 0 heterocycles. The summed E-state index contributed by atoms with van der Waals surface area (Å²) in [6.07, 6.45) is -1.21. The van der Waals surface area contributed by atoms with Gasteiger partial charge in [-0.05, 0) is 30.7 Å². The molecule has 5 nitrogen and oxygen atoms in total. The zero-order chi connectivity index (χ0) is 12.8. The summed E-state index contributed by atoms with van der Waals surface area (Å²) in [4.78, 5) is 10.9. The van der Waals surface area contributed by atoms with Gasteiger partial charge < -0.3 is 20.7 Å². The van der Waals surface area contributed by atoms with Crippen molar-refractivity contribution in [3.8, 4) is 5.75 Å². The van der Waals surface area contributed by atoms with Crippen LogP contribution in [-0.2, 0) is 0 Å². The maximum absolute atomic E-state index is 10.9. The number of methoxy groups -OCH3 is 1. The Morgan fingerprint density at radius 3 is 2.71 bits per heavy atom. The molecule has 1 aromatic carbocycles. The largest absolute Gasteiger partial charge is 0.497 e. The first kappa shape index (κ1) is 13.6. The number of benzene rings is 1. The van der Waals surface area contributed by atoms with E-state index in [1.807, 2.05) is 0 Å². The Bertz CT molecular complexity index is 381. The van der Waals surface area contributed by atoms with E-state index in [0.717, 1.165) is 0 Å². The SMILES string of the molecule is COc1ccc(C(O)C(O)CCN)c(C=O)c1. The Hall–Kier alpha value is -1.43. The molecule has 4 N–H and O–H groups in total. The van der Waals surface area contributed by atoms with Gasteiger partial charge in [0, 0.05) is 5.56 Å². The highest BCUT2D eigenvalue weighted by Gasteiger charge is 2.20. The molecule has 2 unspecified atom stereocenters. The lowest BCUT2D eigenvalue weighted by molar-refractivity contribution is 0.0147. The molecule has 0 saturated carbocycles. The molecule has 5 heteroatoms. The Labute approximate surface area is 99.8 Å². The second-order valence-electron chi connectivity index (χ2n) is 3.70. The zero-order valence-electron chi connectivity index (χ0n) is 9.67. The molecule has 94 valence electrons. The molecular weight excluding hydrogens is 222 g/mol. The van der Waals surface area contributed by atoms with Crippen molar-refractivity contribution in [2.75, 3.05) is 13.7 Å². The van der Waals surface area contributed by atoms with Crippen LogP contribution in [-0.4, -0.2) is 36.3 Å². The fourth-order valence-electron chi connectivity index (χ4n) is 1.59. The minimum atomic E-state index is -1.12. The predicted molar refractivity (Wildman–Crippen MR) is 63.0 cm³/mol. The van der Waals surface area contributed by atoms with Crippen LogP contribution in [0.4, 0.5) is 0 Å². The molecule has 0 spiro atoms. The zero-order valence-corrected chi connectivity index (χ0v) is 9.67.